The monoisotopic (exact) mass is 441 g/mol. The lowest BCUT2D eigenvalue weighted by Crippen LogP contribution is -2.47. The third-order valence-corrected chi connectivity index (χ3v) is 6.72. The summed E-state index contributed by atoms with van der Waals surface area (Å²) >= 11 is 0. The average Bonchev–Trinajstić information content (AvgIpc) is 2.68. The van der Waals surface area contributed by atoms with Crippen LogP contribution in [0.1, 0.15) is 21.5 Å². The van der Waals surface area contributed by atoms with Gasteiger partial charge in [-0.25, -0.2) is 8.42 Å². The standard InChI is InChI=1S/C20H22F3N3O3S/c1-25-9-11-26(12-10-25)30(28,29)14-15-5-7-16(8-6-15)19(27)24-18-4-2-3-17(13-18)20(21,22)23/h2-8,13H,9-12,14H2,1H3,(H,24,27). The van der Waals surface area contributed by atoms with Gasteiger partial charge >= 0.3 is 6.18 Å². The number of halogens is 3. The second-order valence-electron chi connectivity index (χ2n) is 7.19. The number of carbonyl (C=O) groups excluding carboxylic acids is 1. The van der Waals surface area contributed by atoms with Gasteiger partial charge in [-0.2, -0.15) is 17.5 Å². The van der Waals surface area contributed by atoms with Gasteiger partial charge < -0.3 is 10.2 Å². The molecule has 3 rings (SSSR count). The Morgan fingerprint density at radius 2 is 1.67 bits per heavy atom. The molecule has 1 fully saturated rings. The van der Waals surface area contributed by atoms with E-state index in [1.54, 1.807) is 0 Å². The molecule has 0 aliphatic carbocycles. The van der Waals surface area contributed by atoms with Gasteiger partial charge in [-0.1, -0.05) is 18.2 Å². The normalized spacial score (nSPS) is 16.4. The Hall–Kier alpha value is -2.43. The van der Waals surface area contributed by atoms with E-state index in [0.29, 0.717) is 31.7 Å². The van der Waals surface area contributed by atoms with Crippen LogP contribution in [-0.4, -0.2) is 56.8 Å². The number of hydrogen-bond donors (Lipinski definition) is 1. The van der Waals surface area contributed by atoms with Crippen molar-refractivity contribution in [2.24, 2.45) is 0 Å². The molecule has 1 amide bonds. The highest BCUT2D eigenvalue weighted by Crippen LogP contribution is 2.30. The van der Waals surface area contributed by atoms with Crippen LogP contribution < -0.4 is 5.32 Å². The number of hydrogen-bond acceptors (Lipinski definition) is 4. The quantitative estimate of drug-likeness (QED) is 0.775. The van der Waals surface area contributed by atoms with E-state index in [9.17, 15) is 26.4 Å². The van der Waals surface area contributed by atoms with E-state index in [2.05, 4.69) is 10.2 Å². The van der Waals surface area contributed by atoms with Crippen LogP contribution in [0.3, 0.4) is 0 Å². The van der Waals surface area contributed by atoms with E-state index >= 15 is 0 Å². The van der Waals surface area contributed by atoms with Crippen molar-refractivity contribution in [2.45, 2.75) is 11.9 Å². The summed E-state index contributed by atoms with van der Waals surface area (Å²) in [5, 5.41) is 2.42. The highest BCUT2D eigenvalue weighted by molar-refractivity contribution is 7.88. The van der Waals surface area contributed by atoms with Crippen molar-refractivity contribution in [3.8, 4) is 0 Å². The summed E-state index contributed by atoms with van der Waals surface area (Å²) in [6.07, 6.45) is -4.50. The summed E-state index contributed by atoms with van der Waals surface area (Å²) in [5.41, 5.74) is -0.0842. The largest absolute Gasteiger partial charge is 0.416 e. The molecule has 0 saturated carbocycles. The van der Waals surface area contributed by atoms with Crippen molar-refractivity contribution >= 4 is 21.6 Å². The number of anilines is 1. The molecule has 2 aromatic carbocycles. The second-order valence-corrected chi connectivity index (χ2v) is 9.16. The number of sulfonamides is 1. The fraction of sp³-hybridized carbons (Fsp3) is 0.350. The molecule has 0 unspecified atom stereocenters. The Bertz CT molecular complexity index is 1000. The van der Waals surface area contributed by atoms with Crippen LogP contribution in [0.15, 0.2) is 48.5 Å². The van der Waals surface area contributed by atoms with Crippen molar-refractivity contribution in [1.82, 2.24) is 9.21 Å². The molecule has 2 aromatic rings. The maximum atomic E-state index is 12.8. The van der Waals surface area contributed by atoms with Gasteiger partial charge in [-0.05, 0) is 42.9 Å². The Balaban J connectivity index is 1.65. The number of likely N-dealkylation sites (N-methyl/N-ethyl adjacent to an activating group) is 1. The minimum absolute atomic E-state index is 0.0246. The first-order chi connectivity index (χ1) is 14.0. The van der Waals surface area contributed by atoms with Crippen LogP contribution in [0.4, 0.5) is 18.9 Å². The summed E-state index contributed by atoms with van der Waals surface area (Å²) in [6.45, 7) is 2.23. The Morgan fingerprint density at radius 1 is 1.03 bits per heavy atom. The SMILES string of the molecule is CN1CCN(S(=O)(=O)Cc2ccc(C(=O)Nc3cccc(C(F)(F)F)c3)cc2)CC1. The second kappa shape index (κ2) is 8.75. The first-order valence-electron chi connectivity index (χ1n) is 9.28. The van der Waals surface area contributed by atoms with Gasteiger partial charge in [0.25, 0.3) is 5.91 Å². The van der Waals surface area contributed by atoms with Crippen molar-refractivity contribution < 1.29 is 26.4 Å². The van der Waals surface area contributed by atoms with Crippen LogP contribution >= 0.6 is 0 Å². The predicted octanol–water partition coefficient (Wildman–Crippen LogP) is 3.03. The van der Waals surface area contributed by atoms with E-state index in [1.165, 1.54) is 40.7 Å². The number of benzene rings is 2. The van der Waals surface area contributed by atoms with Gasteiger partial charge in [-0.15, -0.1) is 0 Å². The number of nitrogens with zero attached hydrogens (tertiary/aromatic N) is 2. The lowest BCUT2D eigenvalue weighted by Gasteiger charge is -2.31. The fourth-order valence-corrected chi connectivity index (χ4v) is 4.61. The fourth-order valence-electron chi connectivity index (χ4n) is 3.10. The third kappa shape index (κ3) is 5.59. The van der Waals surface area contributed by atoms with Crippen LogP contribution in [-0.2, 0) is 22.0 Å². The number of amides is 1. The molecule has 0 radical (unpaired) electrons. The van der Waals surface area contributed by atoms with Gasteiger partial charge in [0.1, 0.15) is 0 Å². The Kier molecular flexibility index (Phi) is 6.49. The van der Waals surface area contributed by atoms with Gasteiger partial charge in [0.2, 0.25) is 10.0 Å². The third-order valence-electron chi connectivity index (χ3n) is 4.87. The minimum Gasteiger partial charge on any atom is -0.322 e. The zero-order chi connectivity index (χ0) is 21.9. The maximum Gasteiger partial charge on any atom is 0.416 e. The van der Waals surface area contributed by atoms with E-state index in [-0.39, 0.29) is 17.0 Å². The molecule has 1 saturated heterocycles. The minimum atomic E-state index is -4.50. The summed E-state index contributed by atoms with van der Waals surface area (Å²) in [6, 6.07) is 10.3. The maximum absolute atomic E-state index is 12.8. The molecule has 0 spiro atoms. The van der Waals surface area contributed by atoms with Gasteiger partial charge in [0.05, 0.1) is 11.3 Å². The van der Waals surface area contributed by atoms with Gasteiger partial charge in [0, 0.05) is 37.4 Å². The summed E-state index contributed by atoms with van der Waals surface area (Å²) in [7, 11) is -1.52. The van der Waals surface area contributed by atoms with E-state index in [0.717, 1.165) is 12.1 Å². The Morgan fingerprint density at radius 3 is 2.27 bits per heavy atom. The van der Waals surface area contributed by atoms with E-state index in [4.69, 9.17) is 0 Å². The molecule has 0 bridgehead atoms. The van der Waals surface area contributed by atoms with Crippen molar-refractivity contribution in [3.63, 3.8) is 0 Å². The molecular formula is C20H22F3N3O3S. The molecule has 1 aliphatic heterocycles. The molecular weight excluding hydrogens is 419 g/mol. The number of piperazine rings is 1. The van der Waals surface area contributed by atoms with Gasteiger partial charge in [0.15, 0.2) is 0 Å². The number of rotatable bonds is 5. The van der Waals surface area contributed by atoms with E-state index < -0.39 is 27.7 Å². The molecule has 0 atom stereocenters. The number of alkyl halides is 3. The molecule has 10 heteroatoms. The predicted molar refractivity (Wildman–Crippen MR) is 108 cm³/mol. The van der Waals surface area contributed by atoms with Crippen LogP contribution in [0, 0.1) is 0 Å². The highest BCUT2D eigenvalue weighted by Gasteiger charge is 2.30. The lowest BCUT2D eigenvalue weighted by atomic mass is 10.1. The lowest BCUT2D eigenvalue weighted by molar-refractivity contribution is -0.137. The molecule has 162 valence electrons. The molecule has 1 heterocycles. The molecule has 1 aliphatic rings. The van der Waals surface area contributed by atoms with Crippen molar-refractivity contribution in [2.75, 3.05) is 38.5 Å². The number of nitrogens with one attached hydrogen (secondary N) is 1. The first-order valence-corrected chi connectivity index (χ1v) is 10.9. The van der Waals surface area contributed by atoms with E-state index in [1.807, 2.05) is 7.05 Å². The highest BCUT2D eigenvalue weighted by atomic mass is 32.2. The number of carbonyl (C=O) groups is 1. The average molecular weight is 441 g/mol. The summed E-state index contributed by atoms with van der Waals surface area (Å²) in [4.78, 5) is 14.4. The molecule has 0 aromatic heterocycles. The molecule has 30 heavy (non-hydrogen) atoms. The van der Waals surface area contributed by atoms with Crippen LogP contribution in [0.2, 0.25) is 0 Å². The molecule has 6 nitrogen and oxygen atoms in total. The first kappa shape index (κ1) is 22.3. The van der Waals surface area contributed by atoms with Crippen molar-refractivity contribution in [1.29, 1.82) is 0 Å². The van der Waals surface area contributed by atoms with Crippen LogP contribution in [0.25, 0.3) is 0 Å². The Labute approximate surface area is 173 Å². The van der Waals surface area contributed by atoms with Gasteiger partial charge in [-0.3, -0.25) is 4.79 Å². The van der Waals surface area contributed by atoms with Crippen LogP contribution in [0.5, 0.6) is 0 Å². The topological polar surface area (TPSA) is 69.7 Å². The summed E-state index contributed by atoms with van der Waals surface area (Å²) < 4.78 is 65.0. The van der Waals surface area contributed by atoms with Crippen molar-refractivity contribution in [3.05, 3.63) is 65.2 Å². The molecule has 1 N–H and O–H groups in total. The summed E-state index contributed by atoms with van der Waals surface area (Å²) in [5.74, 6) is -0.755. The zero-order valence-corrected chi connectivity index (χ0v) is 17.1. The smallest absolute Gasteiger partial charge is 0.322 e. The zero-order valence-electron chi connectivity index (χ0n) is 16.3.